The number of carbonyl (C=O) groups is 1. The number of nitrogens with one attached hydrogen (secondary N) is 1. The topological polar surface area (TPSA) is 32.3 Å². The highest BCUT2D eigenvalue weighted by Gasteiger charge is 2.26. The van der Waals surface area contributed by atoms with Crippen molar-refractivity contribution in [3.8, 4) is 0 Å². The summed E-state index contributed by atoms with van der Waals surface area (Å²) in [5.74, 6) is -0.331. The van der Waals surface area contributed by atoms with Crippen LogP contribution >= 0.6 is 11.6 Å². The summed E-state index contributed by atoms with van der Waals surface area (Å²) in [5.41, 5.74) is 0.240. The van der Waals surface area contributed by atoms with Gasteiger partial charge in [0.1, 0.15) is 5.82 Å². The SMILES string of the molecule is CC(C)N(C(=O)CNC(C)(C)c1ccc(F)cc1Cl)C(C)C. The van der Waals surface area contributed by atoms with Crippen LogP contribution in [0.2, 0.25) is 5.02 Å². The number of rotatable bonds is 6. The van der Waals surface area contributed by atoms with E-state index in [1.165, 1.54) is 12.1 Å². The van der Waals surface area contributed by atoms with Crippen LogP contribution in [0.25, 0.3) is 0 Å². The van der Waals surface area contributed by atoms with Crippen molar-refractivity contribution in [1.82, 2.24) is 10.2 Å². The lowest BCUT2D eigenvalue weighted by Gasteiger charge is -2.33. The third kappa shape index (κ3) is 4.68. The quantitative estimate of drug-likeness (QED) is 0.857. The molecule has 0 bridgehead atoms. The molecule has 5 heteroatoms. The molecule has 1 N–H and O–H groups in total. The third-order valence-corrected chi connectivity index (χ3v) is 4.00. The van der Waals surface area contributed by atoms with Gasteiger partial charge in [-0.15, -0.1) is 0 Å². The molecule has 1 amide bonds. The predicted octanol–water partition coefficient (Wildman–Crippen LogP) is 3.95. The summed E-state index contributed by atoms with van der Waals surface area (Å²) in [6.45, 7) is 12.1. The zero-order valence-electron chi connectivity index (χ0n) is 14.2. The third-order valence-electron chi connectivity index (χ3n) is 3.69. The van der Waals surface area contributed by atoms with Crippen LogP contribution in [0.3, 0.4) is 0 Å². The predicted molar refractivity (Wildman–Crippen MR) is 89.6 cm³/mol. The van der Waals surface area contributed by atoms with Crippen molar-refractivity contribution in [2.24, 2.45) is 0 Å². The van der Waals surface area contributed by atoms with Gasteiger partial charge in [0.2, 0.25) is 5.91 Å². The fraction of sp³-hybridized carbons (Fsp3) is 0.588. The molecule has 0 saturated heterocycles. The van der Waals surface area contributed by atoms with Crippen LogP contribution in [0.5, 0.6) is 0 Å². The van der Waals surface area contributed by atoms with Crippen molar-refractivity contribution in [3.05, 3.63) is 34.6 Å². The van der Waals surface area contributed by atoms with Gasteiger partial charge in [-0.05, 0) is 59.2 Å². The first kappa shape index (κ1) is 18.9. The average molecular weight is 329 g/mol. The Morgan fingerprint density at radius 3 is 2.27 bits per heavy atom. The number of hydrogen-bond acceptors (Lipinski definition) is 2. The van der Waals surface area contributed by atoms with Crippen molar-refractivity contribution >= 4 is 17.5 Å². The van der Waals surface area contributed by atoms with Gasteiger partial charge in [0.05, 0.1) is 6.54 Å². The molecule has 1 rings (SSSR count). The molecule has 0 aliphatic rings. The molecule has 1 aromatic carbocycles. The van der Waals surface area contributed by atoms with E-state index < -0.39 is 5.54 Å². The van der Waals surface area contributed by atoms with Crippen molar-refractivity contribution < 1.29 is 9.18 Å². The maximum atomic E-state index is 13.2. The monoisotopic (exact) mass is 328 g/mol. The Kier molecular flexibility index (Phi) is 6.38. The molecule has 0 fully saturated rings. The Morgan fingerprint density at radius 2 is 1.82 bits per heavy atom. The van der Waals surface area contributed by atoms with Crippen LogP contribution in [-0.4, -0.2) is 29.4 Å². The maximum absolute atomic E-state index is 13.2. The molecule has 0 spiro atoms. The second kappa shape index (κ2) is 7.42. The Morgan fingerprint density at radius 1 is 1.27 bits per heavy atom. The average Bonchev–Trinajstić information content (AvgIpc) is 2.35. The van der Waals surface area contributed by atoms with Crippen molar-refractivity contribution in [3.63, 3.8) is 0 Å². The number of amides is 1. The second-order valence-corrected chi connectivity index (χ2v) is 7.00. The lowest BCUT2D eigenvalue weighted by atomic mass is 9.94. The Bertz CT molecular complexity index is 521. The summed E-state index contributed by atoms with van der Waals surface area (Å²) in [4.78, 5) is 14.3. The summed E-state index contributed by atoms with van der Waals surface area (Å²) in [6.07, 6.45) is 0. The highest BCUT2D eigenvalue weighted by Crippen LogP contribution is 2.28. The van der Waals surface area contributed by atoms with Crippen LogP contribution in [0.15, 0.2) is 18.2 Å². The van der Waals surface area contributed by atoms with E-state index >= 15 is 0 Å². The Labute approximate surface area is 137 Å². The summed E-state index contributed by atoms with van der Waals surface area (Å²) >= 11 is 6.12. The van der Waals surface area contributed by atoms with Gasteiger partial charge >= 0.3 is 0 Å². The second-order valence-electron chi connectivity index (χ2n) is 6.59. The summed E-state index contributed by atoms with van der Waals surface area (Å²) in [7, 11) is 0. The summed E-state index contributed by atoms with van der Waals surface area (Å²) in [6, 6.07) is 4.61. The van der Waals surface area contributed by atoms with Gasteiger partial charge in [0, 0.05) is 22.6 Å². The minimum Gasteiger partial charge on any atom is -0.337 e. The Hall–Kier alpha value is -1.13. The molecule has 1 aromatic rings. The van der Waals surface area contributed by atoms with Crippen LogP contribution in [-0.2, 0) is 10.3 Å². The van der Waals surface area contributed by atoms with Crippen LogP contribution in [0.1, 0.15) is 47.1 Å². The summed E-state index contributed by atoms with van der Waals surface area (Å²) < 4.78 is 13.2. The number of hydrogen-bond donors (Lipinski definition) is 1. The normalized spacial score (nSPS) is 12.1. The first-order chi connectivity index (χ1) is 10.1. The van der Waals surface area contributed by atoms with Crippen molar-refractivity contribution in [2.45, 2.75) is 59.2 Å². The van der Waals surface area contributed by atoms with Crippen LogP contribution in [0.4, 0.5) is 4.39 Å². The van der Waals surface area contributed by atoms with E-state index in [9.17, 15) is 9.18 Å². The number of carbonyl (C=O) groups excluding carboxylic acids is 1. The molecule has 124 valence electrons. The summed E-state index contributed by atoms with van der Waals surface area (Å²) in [5, 5.41) is 3.58. The molecule has 0 radical (unpaired) electrons. The highest BCUT2D eigenvalue weighted by atomic mass is 35.5. The lowest BCUT2D eigenvalue weighted by Crippen LogP contribution is -2.49. The molecule has 0 atom stereocenters. The van der Waals surface area contributed by atoms with E-state index in [2.05, 4.69) is 5.32 Å². The lowest BCUT2D eigenvalue weighted by molar-refractivity contribution is -0.134. The minimum absolute atomic E-state index is 0.0382. The van der Waals surface area contributed by atoms with E-state index in [1.54, 1.807) is 6.07 Å². The van der Waals surface area contributed by atoms with Crippen molar-refractivity contribution in [2.75, 3.05) is 6.54 Å². The van der Waals surface area contributed by atoms with Crippen LogP contribution < -0.4 is 5.32 Å². The fourth-order valence-corrected chi connectivity index (χ4v) is 3.06. The van der Waals surface area contributed by atoms with E-state index in [1.807, 2.05) is 46.4 Å². The van der Waals surface area contributed by atoms with Gasteiger partial charge in [-0.25, -0.2) is 4.39 Å². The van der Waals surface area contributed by atoms with E-state index in [-0.39, 0.29) is 30.4 Å². The molecule has 0 aliphatic carbocycles. The number of benzene rings is 1. The zero-order chi connectivity index (χ0) is 17.1. The van der Waals surface area contributed by atoms with Gasteiger partial charge in [0.25, 0.3) is 0 Å². The van der Waals surface area contributed by atoms with Gasteiger partial charge in [0.15, 0.2) is 0 Å². The molecule has 0 heterocycles. The molecule has 0 aromatic heterocycles. The standard InChI is InChI=1S/C17H26ClFN2O/c1-11(2)21(12(3)4)16(22)10-20-17(5,6)14-8-7-13(19)9-15(14)18/h7-9,11-12,20H,10H2,1-6H3. The molecule has 0 unspecified atom stereocenters. The minimum atomic E-state index is -0.528. The van der Waals surface area contributed by atoms with Gasteiger partial charge in [-0.1, -0.05) is 17.7 Å². The maximum Gasteiger partial charge on any atom is 0.237 e. The largest absolute Gasteiger partial charge is 0.337 e. The first-order valence-corrected chi connectivity index (χ1v) is 7.95. The Balaban J connectivity index is 2.83. The fourth-order valence-electron chi connectivity index (χ4n) is 2.65. The smallest absolute Gasteiger partial charge is 0.237 e. The zero-order valence-corrected chi connectivity index (χ0v) is 15.0. The first-order valence-electron chi connectivity index (χ1n) is 7.58. The molecule has 0 aliphatic heterocycles. The molecule has 22 heavy (non-hydrogen) atoms. The van der Waals surface area contributed by atoms with E-state index in [0.717, 1.165) is 5.56 Å². The van der Waals surface area contributed by atoms with Gasteiger partial charge in [-0.2, -0.15) is 0 Å². The molecule has 3 nitrogen and oxygen atoms in total. The molecule has 0 saturated carbocycles. The molecular formula is C17H26ClFN2O. The number of nitrogens with zero attached hydrogens (tertiary/aromatic N) is 1. The van der Waals surface area contributed by atoms with Gasteiger partial charge in [-0.3, -0.25) is 10.1 Å². The van der Waals surface area contributed by atoms with Crippen molar-refractivity contribution in [1.29, 1.82) is 0 Å². The van der Waals surface area contributed by atoms with E-state index in [4.69, 9.17) is 11.6 Å². The number of halogens is 2. The van der Waals surface area contributed by atoms with Crippen LogP contribution in [0, 0.1) is 5.82 Å². The molecular weight excluding hydrogens is 303 g/mol. The van der Waals surface area contributed by atoms with Gasteiger partial charge < -0.3 is 4.90 Å². The van der Waals surface area contributed by atoms with E-state index in [0.29, 0.717) is 5.02 Å². The highest BCUT2D eigenvalue weighted by molar-refractivity contribution is 6.31.